The summed E-state index contributed by atoms with van der Waals surface area (Å²) < 4.78 is 0. The highest BCUT2D eigenvalue weighted by molar-refractivity contribution is 5.94. The van der Waals surface area contributed by atoms with Crippen molar-refractivity contribution in [2.24, 2.45) is 5.73 Å². The number of fused-ring (bicyclic) bond motifs is 1. The highest BCUT2D eigenvalue weighted by Gasteiger charge is 2.25. The van der Waals surface area contributed by atoms with Crippen molar-refractivity contribution in [2.45, 2.75) is 44.6 Å². The first-order valence-corrected chi connectivity index (χ1v) is 7.45. The standard InChI is InChI=1S/C15H21N3O2/c16-11-5-3-7-18(9-11)15(20)12-8-10-4-1-2-6-13(10)17-14(12)19/h8,11H,1-7,9,16H2,(H,17,19). The Hall–Kier alpha value is -1.62. The van der Waals surface area contributed by atoms with Gasteiger partial charge in [-0.3, -0.25) is 9.59 Å². The highest BCUT2D eigenvalue weighted by Crippen LogP contribution is 2.19. The quantitative estimate of drug-likeness (QED) is 0.796. The number of hydrogen-bond acceptors (Lipinski definition) is 3. The maximum atomic E-state index is 12.5. The summed E-state index contributed by atoms with van der Waals surface area (Å²) in [4.78, 5) is 29.2. The van der Waals surface area contributed by atoms with E-state index in [0.717, 1.165) is 49.8 Å². The van der Waals surface area contributed by atoms with E-state index in [1.807, 2.05) is 0 Å². The molecule has 1 aliphatic carbocycles. The van der Waals surface area contributed by atoms with Gasteiger partial charge < -0.3 is 15.6 Å². The van der Waals surface area contributed by atoms with E-state index in [9.17, 15) is 9.59 Å². The van der Waals surface area contributed by atoms with Gasteiger partial charge in [0.1, 0.15) is 5.56 Å². The van der Waals surface area contributed by atoms with Crippen LogP contribution in [0.1, 0.15) is 47.3 Å². The molecule has 2 aliphatic rings. The molecular formula is C15H21N3O2. The van der Waals surface area contributed by atoms with Gasteiger partial charge in [0.05, 0.1) is 0 Å². The van der Waals surface area contributed by atoms with Crippen LogP contribution in [0.4, 0.5) is 0 Å². The van der Waals surface area contributed by atoms with Gasteiger partial charge in [-0.25, -0.2) is 0 Å². The third kappa shape index (κ3) is 2.50. The van der Waals surface area contributed by atoms with Crippen molar-refractivity contribution in [3.05, 3.63) is 33.2 Å². The fourth-order valence-electron chi connectivity index (χ4n) is 3.20. The number of amides is 1. The second-order valence-electron chi connectivity index (χ2n) is 5.88. The number of rotatable bonds is 1. The molecule has 1 unspecified atom stereocenters. The maximum absolute atomic E-state index is 12.5. The van der Waals surface area contributed by atoms with E-state index in [1.54, 1.807) is 11.0 Å². The summed E-state index contributed by atoms with van der Waals surface area (Å²) in [7, 11) is 0. The number of aryl methyl sites for hydroxylation is 2. The molecular weight excluding hydrogens is 254 g/mol. The van der Waals surface area contributed by atoms with Crippen LogP contribution in [-0.2, 0) is 12.8 Å². The van der Waals surface area contributed by atoms with E-state index in [0.29, 0.717) is 13.1 Å². The molecule has 3 N–H and O–H groups in total. The van der Waals surface area contributed by atoms with Gasteiger partial charge in [0.2, 0.25) is 0 Å². The molecule has 0 spiro atoms. The lowest BCUT2D eigenvalue weighted by Gasteiger charge is -2.30. The van der Waals surface area contributed by atoms with Crippen molar-refractivity contribution in [1.82, 2.24) is 9.88 Å². The summed E-state index contributed by atoms with van der Waals surface area (Å²) in [5.41, 5.74) is 8.07. The number of nitrogens with zero attached hydrogens (tertiary/aromatic N) is 1. The van der Waals surface area contributed by atoms with Gasteiger partial charge in [-0.05, 0) is 50.2 Å². The van der Waals surface area contributed by atoms with Crippen LogP contribution in [0.3, 0.4) is 0 Å². The zero-order valence-corrected chi connectivity index (χ0v) is 11.7. The van der Waals surface area contributed by atoms with Gasteiger partial charge >= 0.3 is 0 Å². The van der Waals surface area contributed by atoms with Crippen LogP contribution in [0.15, 0.2) is 10.9 Å². The van der Waals surface area contributed by atoms with Gasteiger partial charge in [0.25, 0.3) is 11.5 Å². The first-order chi connectivity index (χ1) is 9.65. The average molecular weight is 275 g/mol. The minimum Gasteiger partial charge on any atom is -0.337 e. The molecule has 5 nitrogen and oxygen atoms in total. The van der Waals surface area contributed by atoms with Crippen molar-refractivity contribution in [1.29, 1.82) is 0 Å². The van der Waals surface area contributed by atoms with Crippen molar-refractivity contribution >= 4 is 5.91 Å². The van der Waals surface area contributed by atoms with Gasteiger partial charge in [-0.2, -0.15) is 0 Å². The number of nitrogens with two attached hydrogens (primary N) is 1. The zero-order chi connectivity index (χ0) is 14.1. The SMILES string of the molecule is NC1CCCN(C(=O)c2cc3c([nH]c2=O)CCCC3)C1. The number of aromatic amines is 1. The molecule has 3 rings (SSSR count). The van der Waals surface area contributed by atoms with E-state index < -0.39 is 0 Å². The van der Waals surface area contributed by atoms with Crippen LogP contribution >= 0.6 is 0 Å². The van der Waals surface area contributed by atoms with Crippen LogP contribution < -0.4 is 11.3 Å². The predicted octanol–water partition coefficient (Wildman–Crippen LogP) is 0.817. The summed E-state index contributed by atoms with van der Waals surface area (Å²) in [5, 5.41) is 0. The number of carbonyl (C=O) groups excluding carboxylic acids is 1. The third-order valence-corrected chi connectivity index (χ3v) is 4.31. The normalized spacial score (nSPS) is 22.4. The number of pyridine rings is 1. The number of aromatic nitrogens is 1. The molecule has 1 fully saturated rings. The third-order valence-electron chi connectivity index (χ3n) is 4.31. The van der Waals surface area contributed by atoms with Crippen LogP contribution in [0.5, 0.6) is 0 Å². The lowest BCUT2D eigenvalue weighted by Crippen LogP contribution is -2.47. The molecule has 1 amide bonds. The van der Waals surface area contributed by atoms with Gasteiger partial charge in [0.15, 0.2) is 0 Å². The van der Waals surface area contributed by atoms with Crippen molar-refractivity contribution in [2.75, 3.05) is 13.1 Å². The monoisotopic (exact) mass is 275 g/mol. The topological polar surface area (TPSA) is 79.2 Å². The first-order valence-electron chi connectivity index (χ1n) is 7.45. The molecule has 0 bridgehead atoms. The molecule has 0 radical (unpaired) electrons. The lowest BCUT2D eigenvalue weighted by atomic mass is 9.94. The second kappa shape index (κ2) is 5.40. The summed E-state index contributed by atoms with van der Waals surface area (Å²) in [5.74, 6) is -0.172. The lowest BCUT2D eigenvalue weighted by molar-refractivity contribution is 0.0707. The molecule has 20 heavy (non-hydrogen) atoms. The second-order valence-corrected chi connectivity index (χ2v) is 5.88. The average Bonchev–Trinajstić information content (AvgIpc) is 2.46. The molecule has 1 aliphatic heterocycles. The summed E-state index contributed by atoms with van der Waals surface area (Å²) in [6, 6.07) is 1.83. The molecule has 0 saturated carbocycles. The minimum atomic E-state index is -0.255. The van der Waals surface area contributed by atoms with Crippen molar-refractivity contribution in [3.8, 4) is 0 Å². The Morgan fingerprint density at radius 3 is 2.90 bits per heavy atom. The van der Waals surface area contributed by atoms with Gasteiger partial charge in [-0.15, -0.1) is 0 Å². The Kier molecular flexibility index (Phi) is 3.61. The van der Waals surface area contributed by atoms with E-state index >= 15 is 0 Å². The maximum Gasteiger partial charge on any atom is 0.261 e. The van der Waals surface area contributed by atoms with Crippen LogP contribution in [0.25, 0.3) is 0 Å². The Balaban J connectivity index is 1.89. The fourth-order valence-corrected chi connectivity index (χ4v) is 3.20. The van der Waals surface area contributed by atoms with E-state index in [4.69, 9.17) is 5.73 Å². The Labute approximate surface area is 118 Å². The van der Waals surface area contributed by atoms with Crippen molar-refractivity contribution < 1.29 is 4.79 Å². The van der Waals surface area contributed by atoms with Crippen molar-refractivity contribution in [3.63, 3.8) is 0 Å². The number of piperidine rings is 1. The molecule has 108 valence electrons. The number of H-pyrrole nitrogens is 1. The molecule has 1 saturated heterocycles. The molecule has 1 aromatic rings. The van der Waals surface area contributed by atoms with Crippen LogP contribution in [0.2, 0.25) is 0 Å². The van der Waals surface area contributed by atoms with E-state index in [-0.39, 0.29) is 23.1 Å². The summed E-state index contributed by atoms with van der Waals surface area (Å²) in [6.07, 6.45) is 5.96. The number of carbonyl (C=O) groups is 1. The highest BCUT2D eigenvalue weighted by atomic mass is 16.2. The van der Waals surface area contributed by atoms with Crippen LogP contribution in [0, 0.1) is 0 Å². The Morgan fingerprint density at radius 1 is 1.30 bits per heavy atom. The largest absolute Gasteiger partial charge is 0.337 e. The van der Waals surface area contributed by atoms with Gasteiger partial charge in [0, 0.05) is 24.8 Å². The Bertz CT molecular complexity index is 579. The molecule has 5 heteroatoms. The molecule has 2 heterocycles. The molecule has 0 aromatic carbocycles. The summed E-state index contributed by atoms with van der Waals surface area (Å²) >= 11 is 0. The minimum absolute atomic E-state index is 0.0319. The smallest absolute Gasteiger partial charge is 0.261 e. The molecule has 1 atom stereocenters. The first kappa shape index (κ1) is 13.4. The molecule has 1 aromatic heterocycles. The van der Waals surface area contributed by atoms with E-state index in [1.165, 1.54) is 0 Å². The van der Waals surface area contributed by atoms with Crippen LogP contribution in [-0.4, -0.2) is 34.9 Å². The number of likely N-dealkylation sites (tertiary alicyclic amines) is 1. The number of hydrogen-bond donors (Lipinski definition) is 2. The predicted molar refractivity (Wildman–Crippen MR) is 76.8 cm³/mol. The fraction of sp³-hybridized carbons (Fsp3) is 0.600. The number of nitrogens with one attached hydrogen (secondary N) is 1. The zero-order valence-electron chi connectivity index (χ0n) is 11.7. The van der Waals surface area contributed by atoms with Gasteiger partial charge in [-0.1, -0.05) is 0 Å². The van der Waals surface area contributed by atoms with E-state index in [2.05, 4.69) is 4.98 Å². The summed E-state index contributed by atoms with van der Waals surface area (Å²) in [6.45, 7) is 1.25. The Morgan fingerprint density at radius 2 is 2.10 bits per heavy atom.